The molecule has 3 amide bonds. The lowest BCUT2D eigenvalue weighted by Crippen LogP contribution is -2.43. The number of rotatable bonds is 4. The number of nitrogens with zero attached hydrogens (tertiary/aromatic N) is 1. The predicted octanol–water partition coefficient (Wildman–Crippen LogP) is 3.62. The quantitative estimate of drug-likeness (QED) is 0.880. The smallest absolute Gasteiger partial charge is 0.319 e. The summed E-state index contributed by atoms with van der Waals surface area (Å²) in [7, 11) is 0. The van der Waals surface area contributed by atoms with Crippen LogP contribution in [0.1, 0.15) is 24.5 Å². The standard InChI is InChI=1S/C20H22FN3O2/c1-3-14-6-4-5-7-17(14)22-20(26)23-18-10-11-24(19(18)25)15-8-9-16(21)13(2)12-15/h4-9,12,18H,3,10-11H2,1-2H3,(H2,22,23,26)/t18-/m1/s1. The minimum Gasteiger partial charge on any atom is -0.326 e. The van der Waals surface area contributed by atoms with Crippen molar-refractivity contribution in [3.05, 3.63) is 59.4 Å². The summed E-state index contributed by atoms with van der Waals surface area (Å²) in [4.78, 5) is 26.5. The van der Waals surface area contributed by atoms with Crippen molar-refractivity contribution >= 4 is 23.3 Å². The lowest BCUT2D eigenvalue weighted by molar-refractivity contribution is -0.118. The highest BCUT2D eigenvalue weighted by Crippen LogP contribution is 2.24. The number of para-hydroxylation sites is 1. The van der Waals surface area contributed by atoms with Gasteiger partial charge in [-0.3, -0.25) is 4.79 Å². The van der Waals surface area contributed by atoms with Crippen molar-refractivity contribution in [1.82, 2.24) is 5.32 Å². The van der Waals surface area contributed by atoms with Crippen molar-refractivity contribution in [2.45, 2.75) is 32.7 Å². The third-order valence-corrected chi connectivity index (χ3v) is 4.61. The molecule has 0 radical (unpaired) electrons. The van der Waals surface area contributed by atoms with E-state index >= 15 is 0 Å². The fourth-order valence-electron chi connectivity index (χ4n) is 3.13. The summed E-state index contributed by atoms with van der Waals surface area (Å²) in [5.74, 6) is -0.487. The zero-order chi connectivity index (χ0) is 18.7. The molecular formula is C20H22FN3O2. The highest BCUT2D eigenvalue weighted by atomic mass is 19.1. The fraction of sp³-hybridized carbons (Fsp3) is 0.300. The molecule has 1 aliphatic heterocycles. The first kappa shape index (κ1) is 17.9. The van der Waals surface area contributed by atoms with Crippen molar-refractivity contribution in [2.75, 3.05) is 16.8 Å². The van der Waals surface area contributed by atoms with E-state index in [1.165, 1.54) is 6.07 Å². The molecule has 26 heavy (non-hydrogen) atoms. The van der Waals surface area contributed by atoms with Crippen molar-refractivity contribution in [3.63, 3.8) is 0 Å². The van der Waals surface area contributed by atoms with E-state index < -0.39 is 12.1 Å². The predicted molar refractivity (Wildman–Crippen MR) is 99.9 cm³/mol. The number of halogens is 1. The molecule has 1 fully saturated rings. The molecule has 1 atom stereocenters. The Bertz CT molecular complexity index is 838. The molecule has 1 aliphatic rings. The molecule has 0 spiro atoms. The van der Waals surface area contributed by atoms with Crippen molar-refractivity contribution in [2.24, 2.45) is 0 Å². The molecule has 5 nitrogen and oxygen atoms in total. The molecule has 2 aromatic carbocycles. The molecule has 0 bridgehead atoms. The molecule has 0 aliphatic carbocycles. The van der Waals surface area contributed by atoms with Gasteiger partial charge in [-0.25, -0.2) is 9.18 Å². The van der Waals surface area contributed by atoms with E-state index in [1.54, 1.807) is 24.0 Å². The van der Waals surface area contributed by atoms with E-state index in [2.05, 4.69) is 10.6 Å². The summed E-state index contributed by atoms with van der Waals surface area (Å²) in [6.07, 6.45) is 1.31. The van der Waals surface area contributed by atoms with Crippen LogP contribution in [-0.4, -0.2) is 24.5 Å². The summed E-state index contributed by atoms with van der Waals surface area (Å²) in [6, 6.07) is 11.2. The summed E-state index contributed by atoms with van der Waals surface area (Å²) in [5, 5.41) is 5.55. The molecule has 1 heterocycles. The Morgan fingerprint density at radius 2 is 2.04 bits per heavy atom. The normalized spacial score (nSPS) is 16.7. The number of amides is 3. The van der Waals surface area contributed by atoms with Crippen molar-refractivity contribution in [3.8, 4) is 0 Å². The van der Waals surface area contributed by atoms with Gasteiger partial charge >= 0.3 is 6.03 Å². The minimum atomic E-state index is -0.589. The maximum Gasteiger partial charge on any atom is 0.319 e. The molecule has 0 unspecified atom stereocenters. The summed E-state index contributed by atoms with van der Waals surface area (Å²) in [5.41, 5.74) is 2.91. The highest BCUT2D eigenvalue weighted by molar-refractivity contribution is 6.02. The number of anilines is 2. The SMILES string of the molecule is CCc1ccccc1NC(=O)N[C@@H]1CCN(c2ccc(F)c(C)c2)C1=O. The third-order valence-electron chi connectivity index (χ3n) is 4.61. The zero-order valence-electron chi connectivity index (χ0n) is 14.9. The van der Waals surface area contributed by atoms with Crippen LogP contribution < -0.4 is 15.5 Å². The second-order valence-electron chi connectivity index (χ2n) is 6.37. The molecular weight excluding hydrogens is 333 g/mol. The van der Waals surface area contributed by atoms with E-state index in [0.29, 0.717) is 24.2 Å². The second kappa shape index (κ2) is 7.56. The Hall–Kier alpha value is -2.89. The Morgan fingerprint density at radius 1 is 1.27 bits per heavy atom. The van der Waals surface area contributed by atoms with E-state index in [0.717, 1.165) is 17.7 Å². The van der Waals surface area contributed by atoms with Gasteiger partial charge < -0.3 is 15.5 Å². The van der Waals surface area contributed by atoms with Gasteiger partial charge in [-0.05, 0) is 55.2 Å². The number of carbonyl (C=O) groups excluding carboxylic acids is 2. The van der Waals surface area contributed by atoms with Gasteiger partial charge in [-0.2, -0.15) is 0 Å². The summed E-state index contributed by atoms with van der Waals surface area (Å²) >= 11 is 0. The van der Waals surface area contributed by atoms with Crippen LogP contribution in [0.3, 0.4) is 0 Å². The van der Waals surface area contributed by atoms with E-state index in [-0.39, 0.29) is 11.7 Å². The first-order valence-electron chi connectivity index (χ1n) is 8.72. The average Bonchev–Trinajstić information content (AvgIpc) is 2.98. The first-order chi connectivity index (χ1) is 12.5. The van der Waals surface area contributed by atoms with Crippen LogP contribution >= 0.6 is 0 Å². The number of urea groups is 1. The van der Waals surface area contributed by atoms with E-state index in [9.17, 15) is 14.0 Å². The van der Waals surface area contributed by atoms with Crippen LogP contribution in [0.15, 0.2) is 42.5 Å². The Balaban J connectivity index is 1.65. The summed E-state index contributed by atoms with van der Waals surface area (Å²) in [6.45, 7) is 4.16. The van der Waals surface area contributed by atoms with Crippen LogP contribution in [-0.2, 0) is 11.2 Å². The van der Waals surface area contributed by atoms with Crippen LogP contribution in [0.5, 0.6) is 0 Å². The maximum absolute atomic E-state index is 13.4. The molecule has 6 heteroatoms. The van der Waals surface area contributed by atoms with Crippen LogP contribution in [0, 0.1) is 12.7 Å². The molecule has 1 saturated heterocycles. The molecule has 2 aromatic rings. The van der Waals surface area contributed by atoms with E-state index in [1.807, 2.05) is 31.2 Å². The molecule has 0 aromatic heterocycles. The molecule has 0 saturated carbocycles. The lowest BCUT2D eigenvalue weighted by Gasteiger charge is -2.18. The summed E-state index contributed by atoms with van der Waals surface area (Å²) < 4.78 is 13.4. The van der Waals surface area contributed by atoms with Gasteiger partial charge in [0.15, 0.2) is 0 Å². The Kier molecular flexibility index (Phi) is 5.21. The Labute approximate surface area is 152 Å². The number of nitrogens with one attached hydrogen (secondary N) is 2. The number of benzene rings is 2. The number of hydrogen-bond acceptors (Lipinski definition) is 2. The number of hydrogen-bond donors (Lipinski definition) is 2. The van der Waals surface area contributed by atoms with E-state index in [4.69, 9.17) is 0 Å². The van der Waals surface area contributed by atoms with Crippen LogP contribution in [0.2, 0.25) is 0 Å². The van der Waals surface area contributed by atoms with Crippen molar-refractivity contribution in [1.29, 1.82) is 0 Å². The van der Waals surface area contributed by atoms with Gasteiger partial charge in [0.25, 0.3) is 0 Å². The average molecular weight is 355 g/mol. The Morgan fingerprint density at radius 3 is 2.77 bits per heavy atom. The van der Waals surface area contributed by atoms with Gasteiger partial charge in [0.1, 0.15) is 11.9 Å². The molecule has 136 valence electrons. The second-order valence-corrected chi connectivity index (χ2v) is 6.37. The third kappa shape index (κ3) is 3.69. The van der Waals surface area contributed by atoms with Crippen molar-refractivity contribution < 1.29 is 14.0 Å². The first-order valence-corrected chi connectivity index (χ1v) is 8.72. The molecule has 2 N–H and O–H groups in total. The minimum absolute atomic E-state index is 0.185. The van der Waals surface area contributed by atoms with Crippen LogP contribution in [0.25, 0.3) is 0 Å². The molecule has 3 rings (SSSR count). The zero-order valence-corrected chi connectivity index (χ0v) is 14.9. The van der Waals surface area contributed by atoms with Gasteiger partial charge in [0.05, 0.1) is 0 Å². The highest BCUT2D eigenvalue weighted by Gasteiger charge is 2.33. The number of carbonyl (C=O) groups is 2. The number of aryl methyl sites for hydroxylation is 2. The van der Waals surface area contributed by atoms with Gasteiger partial charge in [-0.15, -0.1) is 0 Å². The van der Waals surface area contributed by atoms with Gasteiger partial charge in [0.2, 0.25) is 5.91 Å². The van der Waals surface area contributed by atoms with Gasteiger partial charge in [-0.1, -0.05) is 25.1 Å². The fourth-order valence-corrected chi connectivity index (χ4v) is 3.13. The maximum atomic E-state index is 13.4. The largest absolute Gasteiger partial charge is 0.326 e. The van der Waals surface area contributed by atoms with Gasteiger partial charge in [0, 0.05) is 17.9 Å². The topological polar surface area (TPSA) is 61.4 Å². The monoisotopic (exact) mass is 355 g/mol. The lowest BCUT2D eigenvalue weighted by atomic mass is 10.1. The van der Waals surface area contributed by atoms with Crippen LogP contribution in [0.4, 0.5) is 20.6 Å².